The topological polar surface area (TPSA) is 98.2 Å². The number of hydrogen-bond donors (Lipinski definition) is 3. The number of primary amides is 1. The first-order valence-electron chi connectivity index (χ1n) is 6.25. The maximum absolute atomic E-state index is 11.9. The first kappa shape index (κ1) is 16.8. The molecule has 0 aliphatic carbocycles. The number of carbonyl (C=O) groups is 2. The highest BCUT2D eigenvalue weighted by Crippen LogP contribution is 2.16. The van der Waals surface area contributed by atoms with E-state index in [9.17, 15) is 22.8 Å². The third-order valence-corrected chi connectivity index (χ3v) is 2.82. The van der Waals surface area contributed by atoms with E-state index in [1.165, 1.54) is 6.07 Å². The highest BCUT2D eigenvalue weighted by molar-refractivity contribution is 5.95. The lowest BCUT2D eigenvalue weighted by molar-refractivity contribution is -0.173. The van der Waals surface area contributed by atoms with Crippen LogP contribution < -0.4 is 16.8 Å². The van der Waals surface area contributed by atoms with Gasteiger partial charge in [0.25, 0.3) is 0 Å². The molecule has 5 nitrogen and oxygen atoms in total. The van der Waals surface area contributed by atoms with E-state index in [1.807, 2.05) is 0 Å². The van der Waals surface area contributed by atoms with Gasteiger partial charge in [-0.1, -0.05) is 6.07 Å². The molecular formula is C13H16F3N3O2. The molecule has 0 aromatic heterocycles. The molecule has 5 N–H and O–H groups in total. The number of rotatable bonds is 6. The van der Waals surface area contributed by atoms with Gasteiger partial charge in [0.15, 0.2) is 0 Å². The van der Waals surface area contributed by atoms with E-state index in [0.717, 1.165) is 0 Å². The van der Waals surface area contributed by atoms with Crippen molar-refractivity contribution < 1.29 is 22.8 Å². The molecule has 0 atom stereocenters. The van der Waals surface area contributed by atoms with Crippen LogP contribution in [0, 0.1) is 0 Å². The van der Waals surface area contributed by atoms with Crippen molar-refractivity contribution in [3.8, 4) is 0 Å². The van der Waals surface area contributed by atoms with Crippen LogP contribution >= 0.6 is 0 Å². The molecule has 116 valence electrons. The molecule has 0 saturated carbocycles. The molecule has 0 aliphatic heterocycles. The van der Waals surface area contributed by atoms with Gasteiger partial charge in [0.2, 0.25) is 5.91 Å². The Labute approximate surface area is 119 Å². The molecular weight excluding hydrogens is 287 g/mol. The summed E-state index contributed by atoms with van der Waals surface area (Å²) < 4.78 is 35.8. The lowest BCUT2D eigenvalue weighted by atomic mass is 10.0. The fraction of sp³-hybridized carbons (Fsp3) is 0.385. The average molecular weight is 303 g/mol. The fourth-order valence-corrected chi connectivity index (χ4v) is 1.78. The van der Waals surface area contributed by atoms with Gasteiger partial charge in [-0.2, -0.15) is 13.2 Å². The van der Waals surface area contributed by atoms with E-state index in [1.54, 1.807) is 17.4 Å². The molecule has 0 unspecified atom stereocenters. The van der Waals surface area contributed by atoms with Crippen LogP contribution in [0.2, 0.25) is 0 Å². The number of aryl methyl sites for hydroxylation is 1. The van der Waals surface area contributed by atoms with Gasteiger partial charge >= 0.3 is 12.1 Å². The summed E-state index contributed by atoms with van der Waals surface area (Å²) in [5.74, 6) is -2.56. The quantitative estimate of drug-likeness (QED) is 0.547. The minimum absolute atomic E-state index is 0.0841. The Morgan fingerprint density at radius 1 is 1.19 bits per heavy atom. The van der Waals surface area contributed by atoms with Crippen molar-refractivity contribution in [2.45, 2.75) is 25.4 Å². The number of halogens is 3. The molecule has 21 heavy (non-hydrogen) atoms. The molecule has 0 aliphatic rings. The van der Waals surface area contributed by atoms with Crippen molar-refractivity contribution in [2.75, 3.05) is 12.3 Å². The van der Waals surface area contributed by atoms with Gasteiger partial charge in [-0.25, -0.2) is 0 Å². The van der Waals surface area contributed by atoms with Gasteiger partial charge in [0, 0.05) is 17.8 Å². The lowest BCUT2D eigenvalue weighted by Gasteiger charge is -2.09. The number of hydrogen-bond acceptors (Lipinski definition) is 3. The Hall–Kier alpha value is -2.25. The molecule has 0 spiro atoms. The molecule has 0 heterocycles. The Bertz CT molecular complexity index is 530. The van der Waals surface area contributed by atoms with Crippen LogP contribution in [0.15, 0.2) is 18.2 Å². The van der Waals surface area contributed by atoms with Gasteiger partial charge < -0.3 is 16.8 Å². The number of nitrogens with two attached hydrogens (primary N) is 2. The van der Waals surface area contributed by atoms with E-state index in [4.69, 9.17) is 11.5 Å². The zero-order chi connectivity index (χ0) is 16.0. The Morgan fingerprint density at radius 3 is 2.43 bits per heavy atom. The van der Waals surface area contributed by atoms with Gasteiger partial charge in [0.05, 0.1) is 0 Å². The standard InChI is InChI=1S/C13H16F3N3O2/c14-13(15,16)12(21)19-6-2-1-3-8-4-5-9(17)7-10(8)11(18)20/h4-5,7H,1-3,6,17H2,(H2,18,20)(H,19,21). The van der Waals surface area contributed by atoms with Crippen LogP contribution in [0.5, 0.6) is 0 Å². The molecule has 1 aromatic carbocycles. The van der Waals surface area contributed by atoms with Gasteiger partial charge in [0.1, 0.15) is 0 Å². The van der Waals surface area contributed by atoms with Gasteiger partial charge in [-0.3, -0.25) is 9.59 Å². The third-order valence-electron chi connectivity index (χ3n) is 2.82. The second-order valence-corrected chi connectivity index (χ2v) is 4.49. The normalized spacial score (nSPS) is 11.2. The van der Waals surface area contributed by atoms with E-state index in [2.05, 4.69) is 0 Å². The summed E-state index contributed by atoms with van der Waals surface area (Å²) in [6.07, 6.45) is -3.55. The minimum Gasteiger partial charge on any atom is -0.399 e. The lowest BCUT2D eigenvalue weighted by Crippen LogP contribution is -2.37. The number of benzene rings is 1. The van der Waals surface area contributed by atoms with Crippen LogP contribution in [0.3, 0.4) is 0 Å². The van der Waals surface area contributed by atoms with Crippen molar-refractivity contribution in [1.29, 1.82) is 0 Å². The first-order valence-corrected chi connectivity index (χ1v) is 6.25. The summed E-state index contributed by atoms with van der Waals surface area (Å²) in [6.45, 7) is -0.0841. The van der Waals surface area contributed by atoms with E-state index in [0.29, 0.717) is 36.1 Å². The van der Waals surface area contributed by atoms with Crippen LogP contribution in [-0.4, -0.2) is 24.5 Å². The first-order chi connectivity index (χ1) is 9.71. The predicted molar refractivity (Wildman–Crippen MR) is 71.4 cm³/mol. The molecule has 0 bridgehead atoms. The molecule has 1 aromatic rings. The average Bonchev–Trinajstić information content (AvgIpc) is 2.38. The van der Waals surface area contributed by atoms with Crippen LogP contribution in [-0.2, 0) is 11.2 Å². The number of nitrogen functional groups attached to an aromatic ring is 1. The number of unbranched alkanes of at least 4 members (excludes halogenated alkanes) is 1. The summed E-state index contributed by atoms with van der Waals surface area (Å²) >= 11 is 0. The van der Waals surface area contributed by atoms with E-state index < -0.39 is 18.0 Å². The van der Waals surface area contributed by atoms with Crippen molar-refractivity contribution in [3.63, 3.8) is 0 Å². The number of anilines is 1. The smallest absolute Gasteiger partial charge is 0.399 e. The zero-order valence-corrected chi connectivity index (χ0v) is 11.2. The van der Waals surface area contributed by atoms with E-state index in [-0.39, 0.29) is 6.54 Å². The number of nitrogens with one attached hydrogen (secondary N) is 1. The van der Waals surface area contributed by atoms with Crippen molar-refractivity contribution in [3.05, 3.63) is 29.3 Å². The summed E-state index contributed by atoms with van der Waals surface area (Å²) in [4.78, 5) is 21.8. The zero-order valence-electron chi connectivity index (χ0n) is 11.2. The van der Waals surface area contributed by atoms with Crippen LogP contribution in [0.4, 0.5) is 18.9 Å². The fourth-order valence-electron chi connectivity index (χ4n) is 1.78. The summed E-state index contributed by atoms with van der Waals surface area (Å²) in [7, 11) is 0. The molecule has 1 rings (SSSR count). The second-order valence-electron chi connectivity index (χ2n) is 4.49. The Balaban J connectivity index is 2.43. The second kappa shape index (κ2) is 6.96. The number of carbonyl (C=O) groups excluding carboxylic acids is 2. The minimum atomic E-state index is -4.86. The SMILES string of the molecule is NC(=O)c1cc(N)ccc1CCCCNC(=O)C(F)(F)F. The number of amides is 2. The predicted octanol–water partition coefficient (Wildman–Crippen LogP) is 1.37. The summed E-state index contributed by atoms with van der Waals surface area (Å²) in [5.41, 5.74) is 12.2. The Morgan fingerprint density at radius 2 is 1.86 bits per heavy atom. The molecule has 2 amide bonds. The maximum atomic E-state index is 11.9. The molecule has 8 heteroatoms. The van der Waals surface area contributed by atoms with Crippen molar-refractivity contribution in [1.82, 2.24) is 5.32 Å². The maximum Gasteiger partial charge on any atom is 0.471 e. The van der Waals surface area contributed by atoms with Gasteiger partial charge in [-0.05, 0) is 37.0 Å². The van der Waals surface area contributed by atoms with Crippen LogP contribution in [0.25, 0.3) is 0 Å². The largest absolute Gasteiger partial charge is 0.471 e. The van der Waals surface area contributed by atoms with Crippen molar-refractivity contribution >= 4 is 17.5 Å². The highest BCUT2D eigenvalue weighted by atomic mass is 19.4. The van der Waals surface area contributed by atoms with Gasteiger partial charge in [-0.15, -0.1) is 0 Å². The Kier molecular flexibility index (Phi) is 5.57. The molecule has 0 fully saturated rings. The summed E-state index contributed by atoms with van der Waals surface area (Å²) in [6, 6.07) is 4.74. The molecule has 0 saturated heterocycles. The van der Waals surface area contributed by atoms with E-state index >= 15 is 0 Å². The third kappa shape index (κ3) is 5.33. The van der Waals surface area contributed by atoms with Crippen molar-refractivity contribution in [2.24, 2.45) is 5.73 Å². The summed E-state index contributed by atoms with van der Waals surface area (Å²) in [5, 5.41) is 1.78. The van der Waals surface area contributed by atoms with Crippen LogP contribution in [0.1, 0.15) is 28.8 Å². The monoisotopic (exact) mass is 303 g/mol. The highest BCUT2D eigenvalue weighted by Gasteiger charge is 2.38. The molecule has 0 radical (unpaired) electrons. The number of alkyl halides is 3.